The summed E-state index contributed by atoms with van der Waals surface area (Å²) in [6, 6.07) is 0.179. The Labute approximate surface area is 124 Å². The summed E-state index contributed by atoms with van der Waals surface area (Å²) in [6.07, 6.45) is 1.66. The lowest BCUT2D eigenvalue weighted by Gasteiger charge is -2.15. The van der Waals surface area contributed by atoms with E-state index in [0.29, 0.717) is 11.7 Å². The Kier molecular flexibility index (Phi) is 6.54. The molecule has 3 N–H and O–H groups in total. The summed E-state index contributed by atoms with van der Waals surface area (Å²) in [7, 11) is 0. The highest BCUT2D eigenvalue weighted by Gasteiger charge is 2.42. The number of carbonyl (C=O) groups excluding carboxylic acids is 1. The molecule has 2 saturated heterocycles. The first-order valence-electron chi connectivity index (χ1n) is 6.14. The summed E-state index contributed by atoms with van der Waals surface area (Å²) in [4.78, 5) is 26.0. The molecule has 114 valence electrons. The first-order valence-corrected chi connectivity index (χ1v) is 7.19. The highest BCUT2D eigenvalue weighted by atomic mass is 32.2. The number of aliphatic carboxylic acids is 1. The molecule has 10 nitrogen and oxygen atoms in total. The second-order valence-corrected chi connectivity index (χ2v) is 5.73. The maximum absolute atomic E-state index is 11.2. The van der Waals surface area contributed by atoms with Gasteiger partial charge in [0, 0.05) is 11.0 Å². The van der Waals surface area contributed by atoms with Crippen LogP contribution in [0.3, 0.4) is 0 Å². The van der Waals surface area contributed by atoms with E-state index in [1.165, 1.54) is 4.91 Å². The number of amides is 2. The third kappa shape index (κ3) is 4.67. The summed E-state index contributed by atoms with van der Waals surface area (Å²) < 4.78 is 0. The number of thioether (sulfide) groups is 1. The van der Waals surface area contributed by atoms with E-state index >= 15 is 0 Å². The SMILES string of the molecule is [N-]=[N+]=C(CCC[C@@H]1SC[C@@H]2NC(=O)N[C@@H]21)C(=O)O.[N-]=[N+]=[N-]. The van der Waals surface area contributed by atoms with E-state index in [-0.39, 0.29) is 30.2 Å². The number of hydrogen-bond donors (Lipinski definition) is 3. The predicted octanol–water partition coefficient (Wildman–Crippen LogP) is 0.944. The van der Waals surface area contributed by atoms with E-state index in [9.17, 15) is 9.59 Å². The molecule has 11 heteroatoms. The van der Waals surface area contributed by atoms with E-state index in [4.69, 9.17) is 21.7 Å². The quantitative estimate of drug-likeness (QED) is 0.225. The predicted molar refractivity (Wildman–Crippen MR) is 75.7 cm³/mol. The number of fused-ring (bicyclic) bond motifs is 1. The normalized spacial score (nSPS) is 25.3. The lowest BCUT2D eigenvalue weighted by Crippen LogP contribution is -2.36. The Balaban J connectivity index is 0.000000677. The monoisotopic (exact) mass is 312 g/mol. The van der Waals surface area contributed by atoms with Crippen molar-refractivity contribution in [3.8, 4) is 0 Å². The van der Waals surface area contributed by atoms with Crippen LogP contribution < -0.4 is 10.6 Å². The van der Waals surface area contributed by atoms with E-state index in [2.05, 4.69) is 15.4 Å². The average molecular weight is 312 g/mol. The second kappa shape index (κ2) is 8.15. The molecular weight excluding hydrogens is 298 g/mol. The Bertz CT molecular complexity index is 499. The standard InChI is InChI=1S/C10H14N4O3S.N3/c11-14-5(9(15)16)2-1-3-7-8-6(4-18-7)12-10(17)13-8;1-3-2/h6-8H,1-4H2,(H,15,16)(H2,12,13,17);/q;-1/t6-,7-,8-;/m0./s1. The zero-order chi connectivity index (χ0) is 15.8. The van der Waals surface area contributed by atoms with Gasteiger partial charge in [-0.3, -0.25) is 4.91 Å². The first kappa shape index (κ1) is 16.8. The van der Waals surface area contributed by atoms with Gasteiger partial charge in [0.1, 0.15) is 0 Å². The highest BCUT2D eigenvalue weighted by Crippen LogP contribution is 2.32. The lowest BCUT2D eigenvalue weighted by atomic mass is 10.0. The van der Waals surface area contributed by atoms with Gasteiger partial charge in [0.2, 0.25) is 0 Å². The van der Waals surface area contributed by atoms with Crippen molar-refractivity contribution in [1.82, 2.24) is 10.6 Å². The number of rotatable bonds is 5. The molecule has 0 aromatic rings. The van der Waals surface area contributed by atoms with Crippen LogP contribution in [0.4, 0.5) is 4.79 Å². The van der Waals surface area contributed by atoms with Gasteiger partial charge in [-0.1, -0.05) is 0 Å². The smallest absolute Gasteiger partial charge is 0.414 e. The average Bonchev–Trinajstić information content (AvgIpc) is 2.95. The Morgan fingerprint density at radius 2 is 2.05 bits per heavy atom. The molecule has 3 atom stereocenters. The largest absolute Gasteiger partial charge is 0.473 e. The van der Waals surface area contributed by atoms with Gasteiger partial charge in [-0.15, -0.1) is 0 Å². The molecule has 2 heterocycles. The Morgan fingerprint density at radius 1 is 1.38 bits per heavy atom. The van der Waals surface area contributed by atoms with Crippen LogP contribution in [-0.4, -0.2) is 50.7 Å². The molecule has 2 fully saturated rings. The molecule has 2 aliphatic rings. The molecule has 0 aromatic carbocycles. The van der Waals surface area contributed by atoms with Crippen molar-refractivity contribution in [3.05, 3.63) is 21.5 Å². The molecule has 21 heavy (non-hydrogen) atoms. The van der Waals surface area contributed by atoms with E-state index in [0.717, 1.165) is 12.2 Å². The van der Waals surface area contributed by atoms with Crippen LogP contribution in [0.25, 0.3) is 21.5 Å². The third-order valence-corrected chi connectivity index (χ3v) is 4.72. The van der Waals surface area contributed by atoms with E-state index < -0.39 is 5.97 Å². The fourth-order valence-electron chi connectivity index (χ4n) is 2.31. The number of carboxylic acids is 1. The van der Waals surface area contributed by atoms with Crippen LogP contribution in [0.15, 0.2) is 0 Å². The minimum atomic E-state index is -1.19. The molecule has 2 rings (SSSR count). The van der Waals surface area contributed by atoms with Crippen LogP contribution in [0.5, 0.6) is 0 Å². The molecule has 0 spiro atoms. The van der Waals surface area contributed by atoms with Gasteiger partial charge >= 0.3 is 17.7 Å². The maximum atomic E-state index is 11.2. The lowest BCUT2D eigenvalue weighted by molar-refractivity contribution is -0.134. The summed E-state index contributed by atoms with van der Waals surface area (Å²) in [6.45, 7) is 0. The van der Waals surface area contributed by atoms with E-state index in [1.54, 1.807) is 11.8 Å². The van der Waals surface area contributed by atoms with Crippen LogP contribution in [0.2, 0.25) is 0 Å². The molecule has 0 aromatic heterocycles. The summed E-state index contributed by atoms with van der Waals surface area (Å²) >= 11 is 1.78. The van der Waals surface area contributed by atoms with Crippen LogP contribution in [0, 0.1) is 0 Å². The molecule has 0 aliphatic carbocycles. The zero-order valence-corrected chi connectivity index (χ0v) is 11.8. The number of carboxylic acid groups (broad SMARTS) is 1. The summed E-state index contributed by atoms with van der Waals surface area (Å²) in [5.74, 6) is -0.307. The minimum absolute atomic E-state index is 0.126. The number of urea groups is 1. The number of hydrogen-bond acceptors (Lipinski definition) is 3. The molecule has 2 aliphatic heterocycles. The summed E-state index contributed by atoms with van der Waals surface area (Å²) in [5, 5.41) is 14.7. The van der Waals surface area contributed by atoms with Gasteiger partial charge in [-0.05, 0) is 12.8 Å². The van der Waals surface area contributed by atoms with E-state index in [1.807, 2.05) is 0 Å². The number of nitrogens with zero attached hydrogens (tertiary/aromatic N) is 5. The van der Waals surface area contributed by atoms with Crippen LogP contribution >= 0.6 is 11.8 Å². The minimum Gasteiger partial charge on any atom is -0.473 e. The van der Waals surface area contributed by atoms with Crippen LogP contribution in [0.1, 0.15) is 19.3 Å². The van der Waals surface area contributed by atoms with Crippen molar-refractivity contribution in [1.29, 1.82) is 0 Å². The zero-order valence-electron chi connectivity index (χ0n) is 11.0. The molecule has 0 unspecified atom stereocenters. The van der Waals surface area contributed by atoms with Crippen molar-refractivity contribution in [2.24, 2.45) is 0 Å². The summed E-state index contributed by atoms with van der Waals surface area (Å²) in [5.41, 5.74) is 21.8. The van der Waals surface area contributed by atoms with Gasteiger partial charge in [0.25, 0.3) is 0 Å². The van der Waals surface area contributed by atoms with Gasteiger partial charge in [-0.2, -0.15) is 16.6 Å². The van der Waals surface area contributed by atoms with Gasteiger partial charge < -0.3 is 32.3 Å². The van der Waals surface area contributed by atoms with Crippen molar-refractivity contribution in [2.75, 3.05) is 5.75 Å². The third-order valence-electron chi connectivity index (χ3n) is 3.21. The van der Waals surface area contributed by atoms with Crippen molar-refractivity contribution in [2.45, 2.75) is 36.6 Å². The molecular formula is C10H14N7O3S-. The van der Waals surface area contributed by atoms with Crippen molar-refractivity contribution >= 4 is 29.5 Å². The van der Waals surface area contributed by atoms with Crippen molar-refractivity contribution in [3.63, 3.8) is 0 Å². The van der Waals surface area contributed by atoms with Crippen LogP contribution in [-0.2, 0) is 4.79 Å². The number of nitrogens with one attached hydrogen (secondary N) is 2. The van der Waals surface area contributed by atoms with Gasteiger partial charge in [0.15, 0.2) is 0 Å². The fraction of sp³-hybridized carbons (Fsp3) is 0.700. The highest BCUT2D eigenvalue weighted by molar-refractivity contribution is 8.00. The fourth-order valence-corrected chi connectivity index (χ4v) is 3.86. The van der Waals surface area contributed by atoms with Gasteiger partial charge in [-0.25, -0.2) is 9.59 Å². The molecule has 0 bridgehead atoms. The molecule has 0 radical (unpaired) electrons. The molecule has 2 amide bonds. The Hall–Kier alpha value is -2.22. The second-order valence-electron chi connectivity index (χ2n) is 4.46. The Morgan fingerprint density at radius 3 is 2.62 bits per heavy atom. The topological polar surface area (TPSA) is 174 Å². The molecule has 0 saturated carbocycles. The maximum Gasteiger partial charge on any atom is 0.414 e. The number of carbonyl (C=O) groups is 2. The van der Waals surface area contributed by atoms with Gasteiger partial charge in [0.05, 0.1) is 18.5 Å². The first-order chi connectivity index (χ1) is 10.0. The van der Waals surface area contributed by atoms with Crippen molar-refractivity contribution < 1.29 is 19.5 Å².